The summed E-state index contributed by atoms with van der Waals surface area (Å²) in [5.74, 6) is -0.458. The van der Waals surface area contributed by atoms with Crippen LogP contribution in [0.15, 0.2) is 11.5 Å². The van der Waals surface area contributed by atoms with Crippen LogP contribution in [0.3, 0.4) is 0 Å². The summed E-state index contributed by atoms with van der Waals surface area (Å²) in [4.78, 5) is 10.6. The van der Waals surface area contributed by atoms with Gasteiger partial charge < -0.3 is 14.9 Å². The van der Waals surface area contributed by atoms with Gasteiger partial charge in [-0.25, -0.2) is 4.79 Å². The summed E-state index contributed by atoms with van der Waals surface area (Å²) >= 11 is 0. The molecule has 1 rings (SSSR count). The van der Waals surface area contributed by atoms with E-state index in [1.54, 1.807) is 7.85 Å². The molecule has 0 aromatic heterocycles. The normalized spacial score (nSPS) is 26.2. The Balaban J connectivity index is 2.63. The lowest BCUT2D eigenvalue weighted by Crippen LogP contribution is -2.31. The number of aliphatic hydroxyl groups excluding tert-OH is 2. The van der Waals surface area contributed by atoms with Crippen LogP contribution in [0.2, 0.25) is 0 Å². The molecule has 0 aliphatic carbocycles. The Morgan fingerprint density at radius 1 is 1.82 bits per heavy atom. The Labute approximate surface area is 64.9 Å². The molecule has 1 heterocycles. The largest absolute Gasteiger partial charge is 0.453 e. The summed E-state index contributed by atoms with van der Waals surface area (Å²) in [5.41, 5.74) is 0.650. The minimum Gasteiger partial charge on any atom is -0.453 e. The van der Waals surface area contributed by atoms with Crippen molar-refractivity contribution in [3.05, 3.63) is 11.5 Å². The molecule has 0 aromatic rings. The number of cyclic esters (lactones) is 1. The van der Waals surface area contributed by atoms with Gasteiger partial charge in [-0.05, 0) is 0 Å². The molecule has 11 heavy (non-hydrogen) atoms. The van der Waals surface area contributed by atoms with Gasteiger partial charge in [0.2, 0.25) is 0 Å². The maximum Gasteiger partial charge on any atom is 0.330 e. The standard InChI is InChI=1S/C6H9BO4/c7-3-1-5(10)11-6(3)4(9)2-8/h1,4,6,8-9H,2,7H2/t4-,6?/m0/s1. The SMILES string of the molecule is BC1=CC(=O)OC1[C@@H](O)CO. The summed E-state index contributed by atoms with van der Waals surface area (Å²) < 4.78 is 4.68. The highest BCUT2D eigenvalue weighted by Gasteiger charge is 2.28. The smallest absolute Gasteiger partial charge is 0.330 e. The quantitative estimate of drug-likeness (QED) is 0.351. The van der Waals surface area contributed by atoms with Crippen molar-refractivity contribution < 1.29 is 19.7 Å². The highest BCUT2D eigenvalue weighted by Crippen LogP contribution is 2.15. The van der Waals surface area contributed by atoms with E-state index in [0.29, 0.717) is 5.47 Å². The number of hydrogen-bond donors (Lipinski definition) is 2. The van der Waals surface area contributed by atoms with E-state index in [2.05, 4.69) is 4.74 Å². The van der Waals surface area contributed by atoms with E-state index in [9.17, 15) is 4.79 Å². The summed E-state index contributed by atoms with van der Waals surface area (Å²) in [6.45, 7) is -0.400. The Kier molecular flexibility index (Phi) is 2.31. The Bertz CT molecular complexity index is 201. The van der Waals surface area contributed by atoms with Gasteiger partial charge in [-0.3, -0.25) is 0 Å². The number of aliphatic hydroxyl groups is 2. The van der Waals surface area contributed by atoms with Crippen molar-refractivity contribution in [3.63, 3.8) is 0 Å². The maximum atomic E-state index is 10.6. The number of rotatable bonds is 2. The van der Waals surface area contributed by atoms with Crippen LogP contribution < -0.4 is 0 Å². The molecule has 0 amide bonds. The third kappa shape index (κ3) is 1.61. The highest BCUT2D eigenvalue weighted by molar-refractivity contribution is 6.25. The van der Waals surface area contributed by atoms with Crippen molar-refractivity contribution in [1.82, 2.24) is 0 Å². The molecular weight excluding hydrogens is 147 g/mol. The van der Waals surface area contributed by atoms with Crippen molar-refractivity contribution in [2.75, 3.05) is 6.61 Å². The van der Waals surface area contributed by atoms with E-state index in [1.807, 2.05) is 0 Å². The van der Waals surface area contributed by atoms with Crippen LogP contribution in [-0.2, 0) is 9.53 Å². The van der Waals surface area contributed by atoms with Crippen LogP contribution >= 0.6 is 0 Å². The molecule has 4 nitrogen and oxygen atoms in total. The van der Waals surface area contributed by atoms with Gasteiger partial charge in [0.25, 0.3) is 0 Å². The fourth-order valence-electron chi connectivity index (χ4n) is 0.998. The monoisotopic (exact) mass is 156 g/mol. The predicted molar refractivity (Wildman–Crippen MR) is 39.6 cm³/mol. The van der Waals surface area contributed by atoms with Crippen LogP contribution in [0.25, 0.3) is 0 Å². The Hall–Kier alpha value is -0.805. The van der Waals surface area contributed by atoms with E-state index in [-0.39, 0.29) is 0 Å². The lowest BCUT2D eigenvalue weighted by molar-refractivity contribution is -0.143. The molecule has 0 saturated carbocycles. The van der Waals surface area contributed by atoms with Crippen LogP contribution in [0.4, 0.5) is 0 Å². The Morgan fingerprint density at radius 2 is 2.45 bits per heavy atom. The summed E-state index contributed by atoms with van der Waals surface area (Å²) in [7, 11) is 1.68. The number of carbonyl (C=O) groups excluding carboxylic acids is 1. The molecule has 1 unspecified atom stereocenters. The molecule has 0 radical (unpaired) electrons. The fraction of sp³-hybridized carbons (Fsp3) is 0.500. The molecule has 1 aliphatic rings. The zero-order valence-electron chi connectivity index (χ0n) is 6.15. The van der Waals surface area contributed by atoms with E-state index >= 15 is 0 Å². The second-order valence-electron chi connectivity index (χ2n) is 2.50. The minimum absolute atomic E-state index is 0.400. The minimum atomic E-state index is -1.00. The zero-order valence-corrected chi connectivity index (χ0v) is 6.15. The summed E-state index contributed by atoms with van der Waals surface area (Å²) in [6, 6.07) is 0. The molecule has 2 N–H and O–H groups in total. The van der Waals surface area contributed by atoms with Gasteiger partial charge in [-0.15, -0.1) is 0 Å². The number of carbonyl (C=O) groups is 1. The van der Waals surface area contributed by atoms with Crippen LogP contribution in [0.1, 0.15) is 0 Å². The zero-order chi connectivity index (χ0) is 8.43. The first-order chi connectivity index (χ1) is 5.15. The van der Waals surface area contributed by atoms with Crippen LogP contribution in [0, 0.1) is 0 Å². The molecule has 0 aromatic carbocycles. The first-order valence-corrected chi connectivity index (χ1v) is 3.33. The molecule has 0 bridgehead atoms. The van der Waals surface area contributed by atoms with Gasteiger partial charge in [0.15, 0.2) is 0 Å². The average molecular weight is 156 g/mol. The molecule has 60 valence electrons. The summed E-state index contributed by atoms with van der Waals surface area (Å²) in [5, 5.41) is 17.6. The van der Waals surface area contributed by atoms with Crippen LogP contribution in [0.5, 0.6) is 0 Å². The third-order valence-corrected chi connectivity index (χ3v) is 1.57. The molecular formula is C6H9BO4. The van der Waals surface area contributed by atoms with Crippen molar-refractivity contribution >= 4 is 13.8 Å². The van der Waals surface area contributed by atoms with E-state index in [4.69, 9.17) is 10.2 Å². The lowest BCUT2D eigenvalue weighted by atomic mass is 9.89. The first-order valence-electron chi connectivity index (χ1n) is 3.33. The predicted octanol–water partition coefficient (Wildman–Crippen LogP) is -2.22. The number of ether oxygens (including phenoxy) is 1. The van der Waals surface area contributed by atoms with Crippen molar-refractivity contribution in [2.45, 2.75) is 12.2 Å². The number of hydrogen-bond acceptors (Lipinski definition) is 4. The van der Waals surface area contributed by atoms with Gasteiger partial charge in [0.1, 0.15) is 20.1 Å². The maximum absolute atomic E-state index is 10.6. The molecule has 0 saturated heterocycles. The summed E-state index contributed by atoms with van der Waals surface area (Å²) in [6.07, 6.45) is -0.353. The molecule has 0 spiro atoms. The molecule has 5 heteroatoms. The average Bonchev–Trinajstić information content (AvgIpc) is 2.28. The number of esters is 1. The van der Waals surface area contributed by atoms with E-state index in [1.165, 1.54) is 6.08 Å². The van der Waals surface area contributed by atoms with Gasteiger partial charge in [0, 0.05) is 6.08 Å². The third-order valence-electron chi connectivity index (χ3n) is 1.57. The molecule has 1 aliphatic heterocycles. The van der Waals surface area contributed by atoms with E-state index < -0.39 is 24.8 Å². The molecule has 0 fully saturated rings. The Morgan fingerprint density at radius 3 is 2.82 bits per heavy atom. The van der Waals surface area contributed by atoms with Gasteiger partial charge in [0.05, 0.1) is 6.61 Å². The lowest BCUT2D eigenvalue weighted by Gasteiger charge is -2.16. The fourth-order valence-corrected chi connectivity index (χ4v) is 0.998. The second kappa shape index (κ2) is 3.06. The van der Waals surface area contributed by atoms with Crippen LogP contribution in [-0.4, -0.2) is 42.8 Å². The van der Waals surface area contributed by atoms with Crippen molar-refractivity contribution in [1.29, 1.82) is 0 Å². The van der Waals surface area contributed by atoms with Gasteiger partial charge in [-0.1, -0.05) is 5.47 Å². The highest BCUT2D eigenvalue weighted by atomic mass is 16.6. The van der Waals surface area contributed by atoms with Crippen molar-refractivity contribution in [3.8, 4) is 0 Å². The van der Waals surface area contributed by atoms with Gasteiger partial charge in [-0.2, -0.15) is 0 Å². The second-order valence-corrected chi connectivity index (χ2v) is 2.50. The van der Waals surface area contributed by atoms with E-state index in [0.717, 1.165) is 0 Å². The molecule has 2 atom stereocenters. The topological polar surface area (TPSA) is 66.8 Å². The van der Waals surface area contributed by atoms with Crippen molar-refractivity contribution in [2.24, 2.45) is 0 Å². The first kappa shape index (κ1) is 8.29. The van der Waals surface area contributed by atoms with Gasteiger partial charge >= 0.3 is 5.97 Å².